The first kappa shape index (κ1) is 21.6. The van der Waals surface area contributed by atoms with Gasteiger partial charge in [0.15, 0.2) is 0 Å². The first-order valence-corrected chi connectivity index (χ1v) is 9.84. The molecule has 2 heterocycles. The smallest absolute Gasteiger partial charge is 0.373 e. The number of esters is 2. The van der Waals surface area contributed by atoms with E-state index in [9.17, 15) is 14.4 Å². The van der Waals surface area contributed by atoms with E-state index in [1.54, 1.807) is 44.2 Å². The average Bonchev–Trinajstić information content (AvgIpc) is 3.19. The number of ether oxygens (including phenoxy) is 2. The zero-order valence-electron chi connectivity index (χ0n) is 16.9. The third-order valence-corrected chi connectivity index (χ3v) is 5.20. The normalized spacial score (nSPS) is 16.6. The molecule has 1 aromatic heterocycles. The predicted octanol–water partition coefficient (Wildman–Crippen LogP) is 4.07. The molecule has 0 aliphatic carbocycles. The Labute approximate surface area is 179 Å². The molecule has 0 radical (unpaired) electrons. The van der Waals surface area contributed by atoms with Crippen LogP contribution < -0.4 is 0 Å². The fourth-order valence-corrected chi connectivity index (χ4v) is 3.61. The summed E-state index contributed by atoms with van der Waals surface area (Å²) in [4.78, 5) is 38.8. The molecule has 2 aromatic rings. The molecular weight excluding hydrogens is 410 g/mol. The van der Waals surface area contributed by atoms with Gasteiger partial charge in [0, 0.05) is 23.1 Å². The first-order chi connectivity index (χ1) is 14.3. The number of methoxy groups -OCH3 is 1. The lowest BCUT2D eigenvalue weighted by Crippen LogP contribution is -2.38. The molecule has 3 rings (SSSR count). The molecule has 1 aliphatic rings. The molecule has 1 amide bonds. The van der Waals surface area contributed by atoms with E-state index in [4.69, 9.17) is 20.8 Å². The maximum absolute atomic E-state index is 13.0. The number of hydrogen-bond donors (Lipinski definition) is 0. The van der Waals surface area contributed by atoms with E-state index < -0.39 is 17.9 Å². The number of furan rings is 1. The van der Waals surface area contributed by atoms with Crippen LogP contribution >= 0.6 is 11.6 Å². The highest BCUT2D eigenvalue weighted by atomic mass is 35.5. The summed E-state index contributed by atoms with van der Waals surface area (Å²) >= 11 is 5.98. The third-order valence-electron chi connectivity index (χ3n) is 4.95. The van der Waals surface area contributed by atoms with Crippen molar-refractivity contribution in [1.29, 1.82) is 0 Å². The van der Waals surface area contributed by atoms with Crippen LogP contribution in [0.25, 0.3) is 0 Å². The number of nitrogens with zero attached hydrogens (tertiary/aromatic N) is 1. The molecule has 30 heavy (non-hydrogen) atoms. The van der Waals surface area contributed by atoms with Crippen molar-refractivity contribution < 1.29 is 28.3 Å². The van der Waals surface area contributed by atoms with Crippen LogP contribution in [0.1, 0.15) is 48.1 Å². The minimum Gasteiger partial charge on any atom is -0.463 e. The van der Waals surface area contributed by atoms with Crippen LogP contribution in [0.2, 0.25) is 5.02 Å². The summed E-state index contributed by atoms with van der Waals surface area (Å²) in [6.45, 7) is 3.74. The van der Waals surface area contributed by atoms with Gasteiger partial charge in [0.2, 0.25) is 11.7 Å². The van der Waals surface area contributed by atoms with Crippen LogP contribution in [0, 0.1) is 0 Å². The third kappa shape index (κ3) is 4.41. The Balaban J connectivity index is 1.97. The van der Waals surface area contributed by atoms with Gasteiger partial charge in [0.1, 0.15) is 5.76 Å². The second kappa shape index (κ2) is 9.17. The summed E-state index contributed by atoms with van der Waals surface area (Å²) in [5.74, 6) is -1.24. The number of allylic oxidation sites excluding steroid dienone is 1. The van der Waals surface area contributed by atoms with E-state index in [2.05, 4.69) is 4.74 Å². The Morgan fingerprint density at radius 1 is 1.17 bits per heavy atom. The SMILES string of the molecule is CCOC(=O)C1=C(C)N(Cc2ccc(C(=O)OC)o2)C(=O)CC1c1ccc(Cl)cc1. The van der Waals surface area contributed by atoms with Crippen molar-refractivity contribution in [1.82, 2.24) is 4.90 Å². The maximum Gasteiger partial charge on any atom is 0.373 e. The molecule has 0 spiro atoms. The molecule has 7 nitrogen and oxygen atoms in total. The minimum atomic E-state index is -0.603. The Kier molecular flexibility index (Phi) is 6.62. The van der Waals surface area contributed by atoms with E-state index in [1.165, 1.54) is 18.1 Å². The number of carbonyl (C=O) groups is 3. The van der Waals surface area contributed by atoms with E-state index in [1.807, 2.05) is 0 Å². The lowest BCUT2D eigenvalue weighted by molar-refractivity contribution is -0.140. The quantitative estimate of drug-likeness (QED) is 0.641. The van der Waals surface area contributed by atoms with E-state index in [0.717, 1.165) is 5.56 Å². The molecule has 0 saturated carbocycles. The summed E-state index contributed by atoms with van der Waals surface area (Å²) in [6, 6.07) is 10.1. The lowest BCUT2D eigenvalue weighted by Gasteiger charge is -2.34. The number of halogens is 1. The Morgan fingerprint density at radius 3 is 2.50 bits per heavy atom. The maximum atomic E-state index is 13.0. The van der Waals surface area contributed by atoms with Crippen molar-refractivity contribution in [3.05, 3.63) is 69.8 Å². The predicted molar refractivity (Wildman–Crippen MR) is 109 cm³/mol. The highest BCUT2D eigenvalue weighted by Gasteiger charge is 2.37. The molecule has 1 aliphatic heterocycles. The van der Waals surface area contributed by atoms with Crippen molar-refractivity contribution >= 4 is 29.4 Å². The summed E-state index contributed by atoms with van der Waals surface area (Å²) in [5.41, 5.74) is 1.71. The molecule has 0 N–H and O–H groups in total. The van der Waals surface area contributed by atoms with Crippen molar-refractivity contribution in [2.75, 3.05) is 13.7 Å². The Morgan fingerprint density at radius 2 is 1.87 bits per heavy atom. The molecular formula is C22H22ClNO6. The average molecular weight is 432 g/mol. The molecule has 1 aromatic carbocycles. The van der Waals surface area contributed by atoms with E-state index in [0.29, 0.717) is 22.1 Å². The fraction of sp³-hybridized carbons (Fsp3) is 0.318. The highest BCUT2D eigenvalue weighted by molar-refractivity contribution is 6.30. The van der Waals surface area contributed by atoms with Gasteiger partial charge < -0.3 is 18.8 Å². The van der Waals surface area contributed by atoms with E-state index >= 15 is 0 Å². The molecule has 0 bridgehead atoms. The molecule has 0 fully saturated rings. The van der Waals surface area contributed by atoms with Crippen molar-refractivity contribution in [3.8, 4) is 0 Å². The van der Waals surface area contributed by atoms with Gasteiger partial charge in [-0.25, -0.2) is 9.59 Å². The summed E-state index contributed by atoms with van der Waals surface area (Å²) in [5, 5.41) is 0.570. The topological polar surface area (TPSA) is 86.1 Å². The lowest BCUT2D eigenvalue weighted by atomic mass is 9.83. The van der Waals surface area contributed by atoms with Crippen LogP contribution in [-0.4, -0.2) is 36.5 Å². The minimum absolute atomic E-state index is 0.0447. The standard InChI is InChI=1S/C22H22ClNO6/c1-4-29-22(27)20-13(2)24(12-16-9-10-18(30-16)21(26)28-3)19(25)11-17(20)14-5-7-15(23)8-6-14/h5-10,17H,4,11-12H2,1-3H3. The zero-order chi connectivity index (χ0) is 21.8. The number of amides is 1. The van der Waals surface area contributed by atoms with Gasteiger partial charge in [0.25, 0.3) is 0 Å². The molecule has 158 valence electrons. The zero-order valence-corrected chi connectivity index (χ0v) is 17.7. The molecule has 1 unspecified atom stereocenters. The van der Waals surface area contributed by atoms with Gasteiger partial charge in [-0.2, -0.15) is 0 Å². The van der Waals surface area contributed by atoms with Crippen LogP contribution in [0.15, 0.2) is 52.1 Å². The van der Waals surface area contributed by atoms with Gasteiger partial charge in [-0.1, -0.05) is 23.7 Å². The summed E-state index contributed by atoms with van der Waals surface area (Å²) < 4.78 is 15.4. The second-order valence-corrected chi connectivity index (χ2v) is 7.20. The molecule has 1 atom stereocenters. The summed E-state index contributed by atoms with van der Waals surface area (Å²) in [7, 11) is 1.26. The van der Waals surface area contributed by atoms with Gasteiger partial charge in [-0.05, 0) is 43.7 Å². The number of benzene rings is 1. The highest BCUT2D eigenvalue weighted by Crippen LogP contribution is 2.38. The Hall–Kier alpha value is -3.06. The van der Waals surface area contributed by atoms with Crippen molar-refractivity contribution in [3.63, 3.8) is 0 Å². The number of rotatable bonds is 6. The van der Waals surface area contributed by atoms with Crippen molar-refractivity contribution in [2.45, 2.75) is 32.7 Å². The van der Waals surface area contributed by atoms with Crippen LogP contribution in [0.3, 0.4) is 0 Å². The van der Waals surface area contributed by atoms with Crippen molar-refractivity contribution in [2.24, 2.45) is 0 Å². The Bertz CT molecular complexity index is 991. The fourth-order valence-electron chi connectivity index (χ4n) is 3.49. The van der Waals surface area contributed by atoms with Crippen LogP contribution in [0.4, 0.5) is 0 Å². The van der Waals surface area contributed by atoms with Gasteiger partial charge in [-0.3, -0.25) is 4.79 Å². The van der Waals surface area contributed by atoms with Gasteiger partial charge in [0.05, 0.1) is 25.8 Å². The molecule has 8 heteroatoms. The molecule has 0 saturated heterocycles. The summed E-state index contributed by atoms with van der Waals surface area (Å²) in [6.07, 6.45) is 0.0949. The van der Waals surface area contributed by atoms with E-state index in [-0.39, 0.29) is 31.2 Å². The van der Waals surface area contributed by atoms with Crippen LogP contribution in [0.5, 0.6) is 0 Å². The van der Waals surface area contributed by atoms with Gasteiger partial charge in [-0.15, -0.1) is 0 Å². The first-order valence-electron chi connectivity index (χ1n) is 9.46. The number of carbonyl (C=O) groups excluding carboxylic acids is 3. The largest absolute Gasteiger partial charge is 0.463 e. The second-order valence-electron chi connectivity index (χ2n) is 6.77. The monoisotopic (exact) mass is 431 g/mol. The van der Waals surface area contributed by atoms with Gasteiger partial charge >= 0.3 is 11.9 Å². The van der Waals surface area contributed by atoms with Crippen LogP contribution in [-0.2, 0) is 25.6 Å². The number of hydrogen-bond acceptors (Lipinski definition) is 6.